The van der Waals surface area contributed by atoms with Crippen LogP contribution in [0.25, 0.3) is 11.3 Å². The molecule has 1 fully saturated rings. The molecule has 1 amide bonds. The molecule has 1 aliphatic heterocycles. The van der Waals surface area contributed by atoms with Gasteiger partial charge in [-0.25, -0.2) is 9.67 Å². The predicted octanol–water partition coefficient (Wildman–Crippen LogP) is 4.54. The Hall–Kier alpha value is -3.91. The summed E-state index contributed by atoms with van der Waals surface area (Å²) in [5, 5.41) is 21.2. The molecule has 9 nitrogen and oxygen atoms in total. The minimum absolute atomic E-state index is 0.169. The molecule has 1 aliphatic carbocycles. The van der Waals surface area contributed by atoms with E-state index < -0.39 is 0 Å². The van der Waals surface area contributed by atoms with Gasteiger partial charge in [0, 0.05) is 35.1 Å². The summed E-state index contributed by atoms with van der Waals surface area (Å²) >= 11 is 1.60. The molecule has 1 N–H and O–H groups in total. The van der Waals surface area contributed by atoms with E-state index in [1.165, 1.54) is 4.88 Å². The van der Waals surface area contributed by atoms with Crippen molar-refractivity contribution in [2.45, 2.75) is 57.9 Å². The minimum atomic E-state index is -0.169. The number of nitrogens with one attached hydrogen (secondary N) is 1. The summed E-state index contributed by atoms with van der Waals surface area (Å²) in [5.41, 5.74) is 4.86. The number of amides is 1. The monoisotopic (exact) mass is 553 g/mol. The van der Waals surface area contributed by atoms with Crippen LogP contribution in [0.5, 0.6) is 0 Å². The Morgan fingerprint density at radius 2 is 1.98 bits per heavy atom. The Labute approximate surface area is 237 Å². The molecule has 2 aliphatic rings. The van der Waals surface area contributed by atoms with Crippen molar-refractivity contribution in [3.05, 3.63) is 82.0 Å². The van der Waals surface area contributed by atoms with E-state index in [9.17, 15) is 4.79 Å². The summed E-state index contributed by atoms with van der Waals surface area (Å²) in [6.45, 7) is 6.71. The number of hydrogen-bond donors (Lipinski definition) is 1. The zero-order valence-electron chi connectivity index (χ0n) is 22.6. The maximum atomic E-state index is 13.1. The first-order valence-electron chi connectivity index (χ1n) is 13.6. The fourth-order valence-corrected chi connectivity index (χ4v) is 6.70. The molecular formula is C30H31N7O2S. The highest BCUT2D eigenvalue weighted by Crippen LogP contribution is 2.33. The number of nitriles is 1. The fourth-order valence-electron chi connectivity index (χ4n) is 5.63. The number of ether oxygens (including phenoxy) is 1. The minimum Gasteiger partial charge on any atom is -0.373 e. The van der Waals surface area contributed by atoms with Crippen LogP contribution in [0.3, 0.4) is 0 Å². The van der Waals surface area contributed by atoms with Gasteiger partial charge in [0.25, 0.3) is 5.91 Å². The Kier molecular flexibility index (Phi) is 7.43. The van der Waals surface area contributed by atoms with Crippen LogP contribution in [0.15, 0.2) is 54.7 Å². The number of hydrogen-bond acceptors (Lipinski definition) is 8. The molecule has 204 valence electrons. The van der Waals surface area contributed by atoms with Crippen molar-refractivity contribution in [2.75, 3.05) is 18.4 Å². The first-order chi connectivity index (χ1) is 19.4. The SMILES string of the molecule is CC1CN(C2CCc3nc(NC(=O)c4cccc(Cn5cc(-c6ccc(C#N)cc6)nn5)c4)sc3C2)CC(C)O1. The van der Waals surface area contributed by atoms with Crippen molar-refractivity contribution >= 4 is 22.4 Å². The number of morpholine rings is 1. The summed E-state index contributed by atoms with van der Waals surface area (Å²) in [5.74, 6) is -0.169. The van der Waals surface area contributed by atoms with Crippen LogP contribution in [-0.2, 0) is 24.1 Å². The van der Waals surface area contributed by atoms with Gasteiger partial charge in [0.2, 0.25) is 0 Å². The number of anilines is 1. The zero-order chi connectivity index (χ0) is 27.6. The maximum Gasteiger partial charge on any atom is 0.257 e. The van der Waals surface area contributed by atoms with Gasteiger partial charge in [-0.15, -0.1) is 16.4 Å². The normalized spacial score (nSPS) is 21.0. The number of nitrogens with zero attached hydrogens (tertiary/aromatic N) is 6. The van der Waals surface area contributed by atoms with E-state index in [0.717, 1.165) is 54.9 Å². The molecule has 0 saturated carbocycles. The highest BCUT2D eigenvalue weighted by atomic mass is 32.1. The van der Waals surface area contributed by atoms with E-state index in [4.69, 9.17) is 15.0 Å². The number of carbonyl (C=O) groups is 1. The van der Waals surface area contributed by atoms with Gasteiger partial charge in [-0.3, -0.25) is 15.0 Å². The summed E-state index contributed by atoms with van der Waals surface area (Å²) in [6.07, 6.45) is 5.36. The van der Waals surface area contributed by atoms with E-state index >= 15 is 0 Å². The molecule has 2 aromatic carbocycles. The molecule has 40 heavy (non-hydrogen) atoms. The second kappa shape index (κ2) is 11.3. The van der Waals surface area contributed by atoms with Crippen LogP contribution >= 0.6 is 11.3 Å². The van der Waals surface area contributed by atoms with Crippen molar-refractivity contribution in [1.29, 1.82) is 5.26 Å². The van der Waals surface area contributed by atoms with E-state index in [0.29, 0.717) is 28.8 Å². The third-order valence-corrected chi connectivity index (χ3v) is 8.52. The Bertz CT molecular complexity index is 1540. The lowest BCUT2D eigenvalue weighted by molar-refractivity contribution is -0.0815. The van der Waals surface area contributed by atoms with E-state index in [1.807, 2.05) is 42.6 Å². The molecular weight excluding hydrogens is 522 g/mol. The van der Waals surface area contributed by atoms with Crippen LogP contribution < -0.4 is 5.32 Å². The molecule has 0 bridgehead atoms. The molecule has 3 unspecified atom stereocenters. The lowest BCUT2D eigenvalue weighted by Gasteiger charge is -2.41. The van der Waals surface area contributed by atoms with Crippen molar-refractivity contribution in [1.82, 2.24) is 24.9 Å². The van der Waals surface area contributed by atoms with Gasteiger partial charge >= 0.3 is 0 Å². The molecule has 0 spiro atoms. The highest BCUT2D eigenvalue weighted by molar-refractivity contribution is 7.15. The Morgan fingerprint density at radius 1 is 1.18 bits per heavy atom. The van der Waals surface area contributed by atoms with Crippen molar-refractivity contribution in [3.63, 3.8) is 0 Å². The smallest absolute Gasteiger partial charge is 0.257 e. The van der Waals surface area contributed by atoms with Crippen LogP contribution in [0, 0.1) is 11.3 Å². The molecule has 2 aromatic heterocycles. The van der Waals surface area contributed by atoms with Gasteiger partial charge in [0.1, 0.15) is 5.69 Å². The second-order valence-corrected chi connectivity index (χ2v) is 11.7. The average Bonchev–Trinajstić information content (AvgIpc) is 3.59. The molecule has 10 heteroatoms. The topological polar surface area (TPSA) is 109 Å². The first-order valence-corrected chi connectivity index (χ1v) is 14.4. The lowest BCUT2D eigenvalue weighted by Crippen LogP contribution is -2.51. The second-order valence-electron chi connectivity index (χ2n) is 10.6. The van der Waals surface area contributed by atoms with Crippen molar-refractivity contribution in [2.24, 2.45) is 0 Å². The summed E-state index contributed by atoms with van der Waals surface area (Å²) < 4.78 is 7.66. The zero-order valence-corrected chi connectivity index (χ0v) is 23.4. The summed E-state index contributed by atoms with van der Waals surface area (Å²) in [4.78, 5) is 21.7. The standard InChI is InChI=1S/C30H31N7O2S/c1-19-15-36(16-20(2)39-19)25-10-11-26-28(13-25)40-30(32-26)33-29(38)24-5-3-4-22(12-24)17-37-18-27(34-35-37)23-8-6-21(14-31)7-9-23/h3-9,12,18-20,25H,10-11,13,15-17H2,1-2H3,(H,32,33,38). The quantitative estimate of drug-likeness (QED) is 0.373. The molecule has 1 saturated heterocycles. The van der Waals surface area contributed by atoms with Crippen LogP contribution in [0.1, 0.15) is 52.3 Å². The molecule has 4 aromatic rings. The molecule has 6 rings (SSSR count). The van der Waals surface area contributed by atoms with E-state index in [1.54, 1.807) is 28.2 Å². The third-order valence-electron chi connectivity index (χ3n) is 7.48. The van der Waals surface area contributed by atoms with Crippen molar-refractivity contribution in [3.8, 4) is 17.3 Å². The van der Waals surface area contributed by atoms with Gasteiger partial charge < -0.3 is 4.74 Å². The number of thiazole rings is 1. The van der Waals surface area contributed by atoms with Crippen LogP contribution in [-0.4, -0.2) is 62.1 Å². The Balaban J connectivity index is 1.09. The average molecular weight is 554 g/mol. The molecule has 3 atom stereocenters. The number of benzene rings is 2. The number of aryl methyl sites for hydroxylation is 1. The van der Waals surface area contributed by atoms with E-state index in [-0.39, 0.29) is 18.1 Å². The lowest BCUT2D eigenvalue weighted by atomic mass is 9.95. The number of aromatic nitrogens is 4. The largest absolute Gasteiger partial charge is 0.373 e. The summed E-state index contributed by atoms with van der Waals surface area (Å²) in [7, 11) is 0. The van der Waals surface area contributed by atoms with Gasteiger partial charge in [-0.2, -0.15) is 5.26 Å². The molecule has 3 heterocycles. The molecule has 0 radical (unpaired) electrons. The number of carbonyl (C=O) groups excluding carboxylic acids is 1. The van der Waals surface area contributed by atoms with Gasteiger partial charge in [-0.1, -0.05) is 29.5 Å². The van der Waals surface area contributed by atoms with Gasteiger partial charge in [0.15, 0.2) is 5.13 Å². The third kappa shape index (κ3) is 5.82. The number of rotatable bonds is 6. The highest BCUT2D eigenvalue weighted by Gasteiger charge is 2.32. The van der Waals surface area contributed by atoms with Gasteiger partial charge in [-0.05, 0) is 62.9 Å². The van der Waals surface area contributed by atoms with Crippen LogP contribution in [0.4, 0.5) is 5.13 Å². The number of fused-ring (bicyclic) bond motifs is 1. The maximum absolute atomic E-state index is 13.1. The predicted molar refractivity (Wildman–Crippen MR) is 153 cm³/mol. The first kappa shape index (κ1) is 26.3. The van der Waals surface area contributed by atoms with E-state index in [2.05, 4.69) is 40.4 Å². The summed E-state index contributed by atoms with van der Waals surface area (Å²) in [6, 6.07) is 17.4. The van der Waals surface area contributed by atoms with Crippen molar-refractivity contribution < 1.29 is 9.53 Å². The van der Waals surface area contributed by atoms with Gasteiger partial charge in [0.05, 0.1) is 42.3 Å². The Morgan fingerprint density at radius 3 is 2.75 bits per heavy atom. The fraction of sp³-hybridized carbons (Fsp3) is 0.367. The van der Waals surface area contributed by atoms with Crippen LogP contribution in [0.2, 0.25) is 0 Å².